The summed E-state index contributed by atoms with van der Waals surface area (Å²) in [6, 6.07) is 5.46. The predicted molar refractivity (Wildman–Crippen MR) is 58.2 cm³/mol. The molecule has 0 heterocycles. The van der Waals surface area contributed by atoms with E-state index in [1.165, 1.54) is 0 Å². The van der Waals surface area contributed by atoms with E-state index in [2.05, 4.69) is 28.6 Å². The summed E-state index contributed by atoms with van der Waals surface area (Å²) in [5.41, 5.74) is 1.66. The molecule has 0 saturated heterocycles. The first-order valence-corrected chi connectivity index (χ1v) is 5.00. The Labute approximate surface area is 90.5 Å². The molecule has 1 unspecified atom stereocenters. The summed E-state index contributed by atoms with van der Waals surface area (Å²) in [5, 5.41) is 8.00. The van der Waals surface area contributed by atoms with Gasteiger partial charge in [-0.15, -0.1) is 0 Å². The molecule has 2 nitrogen and oxygen atoms in total. The monoisotopic (exact) mass is 260 g/mol. The number of halogens is 1. The molecule has 1 N–H and O–H groups in total. The predicted octanol–water partition coefficient (Wildman–Crippen LogP) is 2.81. The fourth-order valence-corrected chi connectivity index (χ4v) is 1.84. The number of thiol groups is 1. The first-order valence-electron chi connectivity index (χ1n) is 3.69. The van der Waals surface area contributed by atoms with Crippen LogP contribution in [0.3, 0.4) is 0 Å². The fourth-order valence-electron chi connectivity index (χ4n) is 1.08. The van der Waals surface area contributed by atoms with Gasteiger partial charge in [0.05, 0.1) is 0 Å². The average molecular weight is 261 g/mol. The minimum atomic E-state index is -0.922. The van der Waals surface area contributed by atoms with Crippen LogP contribution >= 0.6 is 28.6 Å². The molecule has 0 aliphatic carbocycles. The number of carboxylic acid groups (broad SMARTS) is 1. The first-order chi connectivity index (χ1) is 6.02. The standard InChI is InChI=1S/C9H9BrO2S/c1-5-4-6(10)2-3-7(5)8(13)9(11)12/h2-4,8,13H,1H3,(H,11,12). The fraction of sp³-hybridized carbons (Fsp3) is 0.222. The van der Waals surface area contributed by atoms with Crippen LogP contribution in [0.5, 0.6) is 0 Å². The van der Waals surface area contributed by atoms with Gasteiger partial charge in [0, 0.05) is 4.47 Å². The number of benzene rings is 1. The van der Waals surface area contributed by atoms with Gasteiger partial charge in [0.15, 0.2) is 0 Å². The van der Waals surface area contributed by atoms with Gasteiger partial charge in [-0.3, -0.25) is 4.79 Å². The molecular weight excluding hydrogens is 252 g/mol. The summed E-state index contributed by atoms with van der Waals surface area (Å²) in [4.78, 5) is 10.6. The van der Waals surface area contributed by atoms with E-state index >= 15 is 0 Å². The second kappa shape index (κ2) is 4.15. The maximum absolute atomic E-state index is 10.6. The number of aliphatic carboxylic acids is 1. The highest BCUT2D eigenvalue weighted by Gasteiger charge is 2.16. The maximum Gasteiger partial charge on any atom is 0.320 e. The highest BCUT2D eigenvalue weighted by Crippen LogP contribution is 2.25. The lowest BCUT2D eigenvalue weighted by Gasteiger charge is -2.09. The number of carboxylic acids is 1. The molecule has 1 aromatic carbocycles. The Morgan fingerprint density at radius 3 is 2.69 bits per heavy atom. The Hall–Kier alpha value is -0.480. The van der Waals surface area contributed by atoms with Crippen LogP contribution in [0, 0.1) is 6.92 Å². The summed E-state index contributed by atoms with van der Waals surface area (Å²) < 4.78 is 0.944. The Balaban J connectivity index is 3.08. The summed E-state index contributed by atoms with van der Waals surface area (Å²) in [6.45, 7) is 1.87. The van der Waals surface area contributed by atoms with Gasteiger partial charge in [0.2, 0.25) is 0 Å². The van der Waals surface area contributed by atoms with Gasteiger partial charge in [-0.05, 0) is 30.2 Å². The van der Waals surface area contributed by atoms with Gasteiger partial charge in [-0.1, -0.05) is 22.0 Å². The van der Waals surface area contributed by atoms with Crippen LogP contribution in [0.2, 0.25) is 0 Å². The van der Waals surface area contributed by atoms with Crippen molar-refractivity contribution in [2.45, 2.75) is 12.2 Å². The molecule has 13 heavy (non-hydrogen) atoms. The van der Waals surface area contributed by atoms with E-state index in [-0.39, 0.29) is 0 Å². The minimum Gasteiger partial charge on any atom is -0.480 e. The van der Waals surface area contributed by atoms with Gasteiger partial charge in [-0.2, -0.15) is 12.6 Å². The first kappa shape index (κ1) is 10.6. The van der Waals surface area contributed by atoms with E-state index in [9.17, 15) is 4.79 Å². The van der Waals surface area contributed by atoms with Crippen molar-refractivity contribution >= 4 is 34.5 Å². The van der Waals surface area contributed by atoms with Crippen LogP contribution in [-0.2, 0) is 4.79 Å². The van der Waals surface area contributed by atoms with Crippen LogP contribution < -0.4 is 0 Å². The highest BCUT2D eigenvalue weighted by molar-refractivity contribution is 9.10. The Kier molecular flexibility index (Phi) is 3.39. The summed E-state index contributed by atoms with van der Waals surface area (Å²) in [6.07, 6.45) is 0. The number of carbonyl (C=O) groups is 1. The molecule has 4 heteroatoms. The third-order valence-electron chi connectivity index (χ3n) is 1.76. The average Bonchev–Trinajstić information content (AvgIpc) is 2.03. The molecule has 0 saturated carbocycles. The largest absolute Gasteiger partial charge is 0.480 e. The molecule has 0 aromatic heterocycles. The van der Waals surface area contributed by atoms with Crippen molar-refractivity contribution in [2.75, 3.05) is 0 Å². The third-order valence-corrected chi connectivity index (χ3v) is 2.75. The van der Waals surface area contributed by atoms with E-state index in [0.29, 0.717) is 0 Å². The Bertz CT molecular complexity index is 338. The minimum absolute atomic E-state index is 0.735. The molecule has 70 valence electrons. The number of rotatable bonds is 2. The smallest absolute Gasteiger partial charge is 0.320 e. The van der Waals surface area contributed by atoms with Crippen molar-refractivity contribution in [3.63, 3.8) is 0 Å². The number of hydrogen-bond acceptors (Lipinski definition) is 2. The highest BCUT2D eigenvalue weighted by atomic mass is 79.9. The summed E-state index contributed by atoms with van der Waals surface area (Å²) in [5.74, 6) is -0.922. The van der Waals surface area contributed by atoms with E-state index in [0.717, 1.165) is 15.6 Å². The molecule has 1 rings (SSSR count). The zero-order valence-electron chi connectivity index (χ0n) is 6.99. The molecular formula is C9H9BrO2S. The van der Waals surface area contributed by atoms with E-state index in [4.69, 9.17) is 5.11 Å². The quantitative estimate of drug-likeness (QED) is 0.803. The third kappa shape index (κ3) is 2.48. The Morgan fingerprint density at radius 1 is 1.62 bits per heavy atom. The van der Waals surface area contributed by atoms with Crippen molar-refractivity contribution in [1.29, 1.82) is 0 Å². The van der Waals surface area contributed by atoms with Gasteiger partial charge in [-0.25, -0.2) is 0 Å². The molecule has 0 amide bonds. The number of hydrogen-bond donors (Lipinski definition) is 2. The van der Waals surface area contributed by atoms with Gasteiger partial charge in [0.1, 0.15) is 5.25 Å². The summed E-state index contributed by atoms with van der Waals surface area (Å²) >= 11 is 7.31. The van der Waals surface area contributed by atoms with Crippen molar-refractivity contribution in [3.8, 4) is 0 Å². The van der Waals surface area contributed by atoms with Crippen LogP contribution in [0.25, 0.3) is 0 Å². The van der Waals surface area contributed by atoms with E-state index in [1.54, 1.807) is 6.07 Å². The second-order valence-electron chi connectivity index (χ2n) is 2.74. The topological polar surface area (TPSA) is 37.3 Å². The molecule has 0 radical (unpaired) electrons. The van der Waals surface area contributed by atoms with Crippen molar-refractivity contribution in [3.05, 3.63) is 33.8 Å². The van der Waals surface area contributed by atoms with Crippen LogP contribution in [0.15, 0.2) is 22.7 Å². The zero-order chi connectivity index (χ0) is 10.0. The maximum atomic E-state index is 10.6. The SMILES string of the molecule is Cc1cc(Br)ccc1C(S)C(=O)O. The van der Waals surface area contributed by atoms with Gasteiger partial charge in [0.25, 0.3) is 0 Å². The lowest BCUT2D eigenvalue weighted by molar-refractivity contribution is -0.136. The van der Waals surface area contributed by atoms with Crippen molar-refractivity contribution in [2.24, 2.45) is 0 Å². The molecule has 1 atom stereocenters. The lowest BCUT2D eigenvalue weighted by Crippen LogP contribution is -2.06. The van der Waals surface area contributed by atoms with Gasteiger partial charge >= 0.3 is 5.97 Å². The van der Waals surface area contributed by atoms with Gasteiger partial charge < -0.3 is 5.11 Å². The second-order valence-corrected chi connectivity index (χ2v) is 4.17. The van der Waals surface area contributed by atoms with Crippen LogP contribution in [-0.4, -0.2) is 11.1 Å². The molecule has 0 aliphatic heterocycles. The molecule has 0 aliphatic rings. The molecule has 0 spiro atoms. The number of aryl methyl sites for hydroxylation is 1. The van der Waals surface area contributed by atoms with Crippen molar-refractivity contribution in [1.82, 2.24) is 0 Å². The zero-order valence-corrected chi connectivity index (χ0v) is 9.47. The van der Waals surface area contributed by atoms with Crippen LogP contribution in [0.1, 0.15) is 16.4 Å². The summed E-state index contributed by atoms with van der Waals surface area (Å²) in [7, 11) is 0. The Morgan fingerprint density at radius 2 is 2.23 bits per heavy atom. The van der Waals surface area contributed by atoms with E-state index < -0.39 is 11.2 Å². The molecule has 0 bridgehead atoms. The van der Waals surface area contributed by atoms with Crippen molar-refractivity contribution < 1.29 is 9.90 Å². The lowest BCUT2D eigenvalue weighted by atomic mass is 10.1. The normalized spacial score (nSPS) is 12.5. The van der Waals surface area contributed by atoms with E-state index in [1.807, 2.05) is 19.1 Å². The van der Waals surface area contributed by atoms with Crippen LogP contribution in [0.4, 0.5) is 0 Å². The molecule has 1 aromatic rings. The molecule has 0 fully saturated rings.